The van der Waals surface area contributed by atoms with Crippen molar-refractivity contribution in [3.63, 3.8) is 0 Å². The summed E-state index contributed by atoms with van der Waals surface area (Å²) < 4.78 is 0. The summed E-state index contributed by atoms with van der Waals surface area (Å²) in [6, 6.07) is -0.826. The molecule has 0 aliphatic carbocycles. The van der Waals surface area contributed by atoms with Crippen LogP contribution < -0.4 is 0 Å². The third-order valence-corrected chi connectivity index (χ3v) is 1.36. The van der Waals surface area contributed by atoms with Gasteiger partial charge in [0.2, 0.25) is 0 Å². The maximum atomic E-state index is 10.3. The maximum Gasteiger partial charge on any atom is 0.327 e. The normalized spacial score (nSPS) is 12.2. The van der Waals surface area contributed by atoms with Crippen LogP contribution in [0.15, 0.2) is 5.29 Å². The molecule has 1 atom stereocenters. The SMILES string of the molecule is CCCN(N=O)C(C)C(=O)O. The molecule has 11 heavy (non-hydrogen) atoms. The summed E-state index contributed by atoms with van der Waals surface area (Å²) in [5.74, 6) is -1.03. The smallest absolute Gasteiger partial charge is 0.327 e. The minimum absolute atomic E-state index is 0.386. The van der Waals surface area contributed by atoms with E-state index in [1.807, 2.05) is 6.92 Å². The van der Waals surface area contributed by atoms with E-state index in [2.05, 4.69) is 5.29 Å². The zero-order valence-electron chi connectivity index (χ0n) is 6.65. The summed E-state index contributed by atoms with van der Waals surface area (Å²) in [5, 5.41) is 12.1. The van der Waals surface area contributed by atoms with E-state index in [-0.39, 0.29) is 0 Å². The summed E-state index contributed by atoms with van der Waals surface area (Å²) >= 11 is 0. The highest BCUT2D eigenvalue weighted by molar-refractivity contribution is 5.72. The van der Waals surface area contributed by atoms with Crippen LogP contribution in [0.2, 0.25) is 0 Å². The average molecular weight is 160 g/mol. The second-order valence-corrected chi connectivity index (χ2v) is 2.26. The molecule has 0 bridgehead atoms. The maximum absolute atomic E-state index is 10.3. The van der Waals surface area contributed by atoms with Gasteiger partial charge in [-0.2, -0.15) is 0 Å². The molecule has 0 amide bonds. The lowest BCUT2D eigenvalue weighted by molar-refractivity contribution is -0.142. The van der Waals surface area contributed by atoms with Crippen LogP contribution in [-0.4, -0.2) is 28.7 Å². The van der Waals surface area contributed by atoms with Crippen LogP contribution in [0, 0.1) is 4.91 Å². The van der Waals surface area contributed by atoms with Crippen LogP contribution in [0.3, 0.4) is 0 Å². The Balaban J connectivity index is 4.01. The first kappa shape index (κ1) is 9.87. The number of carboxylic acids is 1. The van der Waals surface area contributed by atoms with Gasteiger partial charge in [0, 0.05) is 6.54 Å². The molecule has 1 N–H and O–H groups in total. The largest absolute Gasteiger partial charge is 0.480 e. The third-order valence-electron chi connectivity index (χ3n) is 1.36. The minimum atomic E-state index is -1.03. The molecule has 5 heteroatoms. The van der Waals surface area contributed by atoms with Gasteiger partial charge in [-0.3, -0.25) is 0 Å². The summed E-state index contributed by atoms with van der Waals surface area (Å²) in [6.07, 6.45) is 0.712. The van der Waals surface area contributed by atoms with Gasteiger partial charge in [-0.05, 0) is 13.3 Å². The van der Waals surface area contributed by atoms with E-state index in [9.17, 15) is 9.70 Å². The van der Waals surface area contributed by atoms with Crippen LogP contribution in [0.5, 0.6) is 0 Å². The van der Waals surface area contributed by atoms with E-state index in [0.29, 0.717) is 13.0 Å². The molecule has 0 aliphatic rings. The van der Waals surface area contributed by atoms with Crippen molar-refractivity contribution >= 4 is 5.97 Å². The first-order valence-electron chi connectivity index (χ1n) is 3.46. The number of rotatable bonds is 5. The molecule has 0 saturated heterocycles. The molecule has 5 nitrogen and oxygen atoms in total. The monoisotopic (exact) mass is 160 g/mol. The summed E-state index contributed by atoms with van der Waals surface area (Å²) in [6.45, 7) is 3.67. The number of nitrogens with zero attached hydrogens (tertiary/aromatic N) is 2. The number of nitroso groups, excluding NO2 is 1. The average Bonchev–Trinajstić information content (AvgIpc) is 1.98. The highest BCUT2D eigenvalue weighted by atomic mass is 16.4. The number of hydrogen-bond donors (Lipinski definition) is 1. The van der Waals surface area contributed by atoms with Gasteiger partial charge >= 0.3 is 5.97 Å². The Kier molecular flexibility index (Phi) is 4.17. The van der Waals surface area contributed by atoms with Crippen LogP contribution >= 0.6 is 0 Å². The molecule has 0 aromatic heterocycles. The molecule has 64 valence electrons. The molecule has 1 unspecified atom stereocenters. The standard InChI is InChI=1S/C6H12N2O3/c1-3-4-8(7-11)5(2)6(9)10/h5H,3-4H2,1-2H3,(H,9,10). The van der Waals surface area contributed by atoms with Gasteiger partial charge in [0.15, 0.2) is 0 Å². The second-order valence-electron chi connectivity index (χ2n) is 2.26. The van der Waals surface area contributed by atoms with Gasteiger partial charge in [-0.15, -0.1) is 4.91 Å². The van der Waals surface area contributed by atoms with Gasteiger partial charge in [-0.1, -0.05) is 6.92 Å². The molecular formula is C6H12N2O3. The van der Waals surface area contributed by atoms with E-state index in [0.717, 1.165) is 5.01 Å². The molecule has 0 rings (SSSR count). The van der Waals surface area contributed by atoms with Crippen molar-refractivity contribution < 1.29 is 9.90 Å². The highest BCUT2D eigenvalue weighted by Crippen LogP contribution is 2.00. The van der Waals surface area contributed by atoms with Gasteiger partial charge in [-0.25, -0.2) is 9.80 Å². The zero-order valence-corrected chi connectivity index (χ0v) is 6.65. The highest BCUT2D eigenvalue weighted by Gasteiger charge is 2.18. The topological polar surface area (TPSA) is 70.0 Å². The predicted octanol–water partition coefficient (Wildman–Crippen LogP) is 0.853. The van der Waals surface area contributed by atoms with Crippen molar-refractivity contribution in [3.05, 3.63) is 4.91 Å². The predicted molar refractivity (Wildman–Crippen MR) is 39.9 cm³/mol. The molecule has 0 saturated carbocycles. The number of aliphatic carboxylic acids is 1. The van der Waals surface area contributed by atoms with Crippen LogP contribution in [-0.2, 0) is 4.79 Å². The van der Waals surface area contributed by atoms with Crippen molar-refractivity contribution in [3.8, 4) is 0 Å². The molecule has 0 radical (unpaired) electrons. The molecule has 0 heterocycles. The Morgan fingerprint density at radius 2 is 2.27 bits per heavy atom. The van der Waals surface area contributed by atoms with Crippen molar-refractivity contribution in [1.29, 1.82) is 0 Å². The molecular weight excluding hydrogens is 148 g/mol. The third kappa shape index (κ3) is 2.97. The Morgan fingerprint density at radius 3 is 2.55 bits per heavy atom. The van der Waals surface area contributed by atoms with Crippen molar-refractivity contribution in [2.45, 2.75) is 26.3 Å². The minimum Gasteiger partial charge on any atom is -0.480 e. The van der Waals surface area contributed by atoms with Gasteiger partial charge < -0.3 is 5.11 Å². The van der Waals surface area contributed by atoms with E-state index in [1.54, 1.807) is 0 Å². The Hall–Kier alpha value is -1.13. The lowest BCUT2D eigenvalue weighted by atomic mass is 10.3. The Bertz CT molecular complexity index is 149. The van der Waals surface area contributed by atoms with Crippen LogP contribution in [0.4, 0.5) is 0 Å². The number of hydrogen-bond acceptors (Lipinski definition) is 3. The lowest BCUT2D eigenvalue weighted by Gasteiger charge is -2.17. The van der Waals surface area contributed by atoms with Gasteiger partial charge in [0.1, 0.15) is 6.04 Å². The fraction of sp³-hybridized carbons (Fsp3) is 0.833. The lowest BCUT2D eigenvalue weighted by Crippen LogP contribution is -2.35. The van der Waals surface area contributed by atoms with E-state index >= 15 is 0 Å². The summed E-state index contributed by atoms with van der Waals surface area (Å²) in [7, 11) is 0. The van der Waals surface area contributed by atoms with Crippen LogP contribution in [0.1, 0.15) is 20.3 Å². The summed E-state index contributed by atoms with van der Waals surface area (Å²) in [5.41, 5.74) is 0. The van der Waals surface area contributed by atoms with E-state index in [1.165, 1.54) is 6.92 Å². The fourth-order valence-electron chi connectivity index (χ4n) is 0.662. The van der Waals surface area contributed by atoms with E-state index in [4.69, 9.17) is 5.11 Å². The fourth-order valence-corrected chi connectivity index (χ4v) is 0.662. The molecule has 0 aromatic carbocycles. The molecule has 0 fully saturated rings. The first-order valence-corrected chi connectivity index (χ1v) is 3.46. The van der Waals surface area contributed by atoms with Gasteiger partial charge in [0.25, 0.3) is 0 Å². The van der Waals surface area contributed by atoms with Crippen LogP contribution in [0.25, 0.3) is 0 Å². The van der Waals surface area contributed by atoms with Crippen molar-refractivity contribution in [1.82, 2.24) is 5.01 Å². The van der Waals surface area contributed by atoms with Crippen molar-refractivity contribution in [2.24, 2.45) is 5.29 Å². The molecule has 0 spiro atoms. The Morgan fingerprint density at radius 1 is 1.73 bits per heavy atom. The quantitative estimate of drug-likeness (QED) is 0.478. The number of carbonyl (C=O) groups is 1. The van der Waals surface area contributed by atoms with Gasteiger partial charge in [0.05, 0.1) is 5.29 Å². The number of carboxylic acid groups (broad SMARTS) is 1. The molecule has 0 aromatic rings. The first-order chi connectivity index (χ1) is 5.13. The summed E-state index contributed by atoms with van der Waals surface area (Å²) in [4.78, 5) is 20.4. The Labute approximate surface area is 64.9 Å². The zero-order chi connectivity index (χ0) is 8.85. The van der Waals surface area contributed by atoms with Crippen molar-refractivity contribution in [2.75, 3.05) is 6.54 Å². The second kappa shape index (κ2) is 4.65. The van der Waals surface area contributed by atoms with E-state index < -0.39 is 12.0 Å². The molecule has 0 aliphatic heterocycles.